The van der Waals surface area contributed by atoms with Gasteiger partial charge in [0.25, 0.3) is 0 Å². The van der Waals surface area contributed by atoms with E-state index in [2.05, 4.69) is 0 Å². The number of carbonyl (C=O) groups is 2. The van der Waals surface area contributed by atoms with E-state index >= 15 is 0 Å². The maximum atomic E-state index is 13.9. The molecule has 1 fully saturated rings. The topological polar surface area (TPSA) is 93.1 Å². The predicted molar refractivity (Wildman–Crippen MR) is 129 cm³/mol. The smallest absolute Gasteiger partial charge is 0.489 e. The van der Waals surface area contributed by atoms with E-state index in [1.165, 1.54) is 13.2 Å². The molecule has 1 aliphatic heterocycles. The number of amides is 1. The van der Waals surface area contributed by atoms with E-state index in [9.17, 15) is 24.2 Å². The molecule has 1 aliphatic rings. The number of carboxylic acid groups (broad SMARTS) is 1. The van der Waals surface area contributed by atoms with Gasteiger partial charge in [-0.05, 0) is 30.3 Å². The summed E-state index contributed by atoms with van der Waals surface area (Å²) in [4.78, 5) is 26.1. The van der Waals surface area contributed by atoms with Crippen LogP contribution in [0, 0.1) is 5.82 Å². The van der Waals surface area contributed by atoms with Gasteiger partial charge in [0, 0.05) is 29.5 Å². The molecule has 7 nitrogen and oxygen atoms in total. The summed E-state index contributed by atoms with van der Waals surface area (Å²) in [7, 11) is 1.20. The number of ether oxygens (including phenoxy) is 2. The Balaban J connectivity index is 1.70. The van der Waals surface area contributed by atoms with Crippen molar-refractivity contribution < 1.29 is 38.1 Å². The Hall–Kier alpha value is -3.75. The third-order valence-electron chi connectivity index (χ3n) is 7.19. The van der Waals surface area contributed by atoms with Crippen molar-refractivity contribution in [2.24, 2.45) is 0 Å². The molecule has 0 spiro atoms. The largest absolute Gasteiger partial charge is 0.515 e. The molecular weight excluding hydrogens is 465 g/mol. The van der Waals surface area contributed by atoms with Crippen molar-refractivity contribution in [3.8, 4) is 5.75 Å². The van der Waals surface area contributed by atoms with Crippen LogP contribution in [0.4, 0.5) is 9.18 Å². The van der Waals surface area contributed by atoms with Crippen molar-refractivity contribution in [1.82, 2.24) is 0 Å². The van der Waals surface area contributed by atoms with Crippen molar-refractivity contribution in [2.45, 2.75) is 37.6 Å². The molecular formula is C28H29FNO6+. The van der Waals surface area contributed by atoms with Gasteiger partial charge in [-0.1, -0.05) is 48.5 Å². The van der Waals surface area contributed by atoms with E-state index in [0.29, 0.717) is 23.3 Å². The molecule has 0 bridgehead atoms. The molecule has 3 aromatic carbocycles. The number of benzene rings is 3. The van der Waals surface area contributed by atoms with Crippen molar-refractivity contribution in [3.63, 3.8) is 0 Å². The lowest BCUT2D eigenvalue weighted by atomic mass is 9.93. The highest BCUT2D eigenvalue weighted by Gasteiger charge is 2.70. The lowest BCUT2D eigenvalue weighted by Gasteiger charge is -2.44. The molecule has 4 rings (SSSR count). The average molecular weight is 495 g/mol. The van der Waals surface area contributed by atoms with E-state index in [0.717, 1.165) is 5.56 Å². The molecule has 8 heteroatoms. The van der Waals surface area contributed by atoms with Crippen molar-refractivity contribution >= 4 is 12.1 Å². The molecule has 1 amide bonds. The molecule has 3 aromatic rings. The molecule has 3 atom stereocenters. The molecule has 0 aliphatic carbocycles. The standard InChI is InChI=1S/C28H28FNO6/c1-35-26(32)28(19-31)16-15-25(30(28,27(33)34)17-20-7-3-2-4-8-20)21-11-13-23(14-12-21)36-18-22-9-5-6-10-24(22)29/h2-14,25,31H,15-19H2,1H3/p+1/t25-,28-,30?/m1/s1. The Bertz CT molecular complexity index is 1220. The van der Waals surface area contributed by atoms with Crippen LogP contribution in [0.2, 0.25) is 0 Å². The van der Waals surface area contributed by atoms with Crippen LogP contribution in [0.15, 0.2) is 78.9 Å². The lowest BCUT2D eigenvalue weighted by Crippen LogP contribution is -2.69. The van der Waals surface area contributed by atoms with Crippen molar-refractivity contribution in [2.75, 3.05) is 13.7 Å². The van der Waals surface area contributed by atoms with Crippen LogP contribution < -0.4 is 4.74 Å². The van der Waals surface area contributed by atoms with Crippen LogP contribution in [-0.2, 0) is 22.7 Å². The summed E-state index contributed by atoms with van der Waals surface area (Å²) in [5.41, 5.74) is 0.165. The Labute approximate surface area is 208 Å². The van der Waals surface area contributed by atoms with E-state index < -0.39 is 34.7 Å². The van der Waals surface area contributed by atoms with Gasteiger partial charge in [-0.25, -0.2) is 9.18 Å². The minimum atomic E-state index is -1.67. The van der Waals surface area contributed by atoms with Gasteiger partial charge in [-0.15, -0.1) is 0 Å². The minimum absolute atomic E-state index is 0.0119. The number of carbonyl (C=O) groups excluding carboxylic acids is 1. The summed E-state index contributed by atoms with van der Waals surface area (Å²) in [5, 5.41) is 21.1. The zero-order valence-corrected chi connectivity index (χ0v) is 20.0. The van der Waals surface area contributed by atoms with Gasteiger partial charge < -0.3 is 19.7 Å². The van der Waals surface area contributed by atoms with E-state index in [4.69, 9.17) is 9.47 Å². The third-order valence-corrected chi connectivity index (χ3v) is 7.19. The molecule has 0 aromatic heterocycles. The summed E-state index contributed by atoms with van der Waals surface area (Å²) in [5.74, 6) is -0.610. The van der Waals surface area contributed by atoms with Crippen LogP contribution in [0.3, 0.4) is 0 Å². The molecule has 1 unspecified atom stereocenters. The fourth-order valence-corrected chi connectivity index (χ4v) is 5.32. The Morgan fingerprint density at radius 3 is 2.31 bits per heavy atom. The average Bonchev–Trinajstić information content (AvgIpc) is 3.24. The monoisotopic (exact) mass is 494 g/mol. The number of hydrogen-bond acceptors (Lipinski definition) is 5. The number of hydrogen-bond donors (Lipinski definition) is 2. The van der Waals surface area contributed by atoms with Gasteiger partial charge in [0.15, 0.2) is 0 Å². The van der Waals surface area contributed by atoms with Crippen LogP contribution in [0.1, 0.15) is 35.6 Å². The summed E-state index contributed by atoms with van der Waals surface area (Å²) in [6.45, 7) is -0.629. The molecule has 1 heterocycles. The zero-order valence-electron chi connectivity index (χ0n) is 20.0. The number of likely N-dealkylation sites (tertiary alicyclic amines) is 1. The first-order valence-electron chi connectivity index (χ1n) is 11.7. The number of quaternary nitrogens is 1. The number of aliphatic hydroxyl groups is 1. The zero-order chi connectivity index (χ0) is 25.8. The van der Waals surface area contributed by atoms with Crippen LogP contribution in [0.5, 0.6) is 5.75 Å². The number of nitrogens with zero attached hydrogens (tertiary/aromatic N) is 1. The molecule has 36 heavy (non-hydrogen) atoms. The van der Waals surface area contributed by atoms with E-state index in [1.54, 1.807) is 66.7 Å². The summed E-state index contributed by atoms with van der Waals surface area (Å²) < 4.78 is 24.0. The quantitative estimate of drug-likeness (QED) is 0.344. The van der Waals surface area contributed by atoms with Gasteiger partial charge in [-0.2, -0.15) is 9.28 Å². The highest BCUT2D eigenvalue weighted by atomic mass is 19.1. The molecule has 2 N–H and O–H groups in total. The number of methoxy groups -OCH3 is 1. The van der Waals surface area contributed by atoms with Gasteiger partial charge in [0.2, 0.25) is 5.54 Å². The third kappa shape index (κ3) is 4.34. The van der Waals surface area contributed by atoms with E-state index in [-0.39, 0.29) is 25.4 Å². The van der Waals surface area contributed by atoms with Crippen LogP contribution in [-0.4, -0.2) is 46.0 Å². The van der Waals surface area contributed by atoms with Gasteiger partial charge in [-0.3, -0.25) is 0 Å². The van der Waals surface area contributed by atoms with Crippen LogP contribution in [0.25, 0.3) is 0 Å². The fourth-order valence-electron chi connectivity index (χ4n) is 5.32. The second-order valence-electron chi connectivity index (χ2n) is 8.98. The predicted octanol–water partition coefficient (Wildman–Crippen LogP) is 4.84. The maximum absolute atomic E-state index is 13.9. The normalized spacial score (nSPS) is 23.2. The van der Waals surface area contributed by atoms with Gasteiger partial charge >= 0.3 is 12.1 Å². The molecule has 1 saturated heterocycles. The van der Waals surface area contributed by atoms with Crippen molar-refractivity contribution in [3.05, 3.63) is 101 Å². The van der Waals surface area contributed by atoms with Gasteiger partial charge in [0.05, 0.1) is 7.11 Å². The minimum Gasteiger partial charge on any atom is -0.489 e. The summed E-state index contributed by atoms with van der Waals surface area (Å²) in [6.07, 6.45) is -0.726. The fraction of sp³-hybridized carbons (Fsp3) is 0.286. The SMILES string of the molecule is COC(=O)[C@]1(CO)CC[C@H](c2ccc(OCc3ccccc3F)cc2)[N+]1(Cc1ccccc1)C(=O)O. The van der Waals surface area contributed by atoms with Crippen LogP contribution >= 0.6 is 0 Å². The maximum Gasteiger partial charge on any atom is 0.515 e. The molecule has 188 valence electrons. The van der Waals surface area contributed by atoms with E-state index in [1.807, 2.05) is 6.07 Å². The first-order valence-corrected chi connectivity index (χ1v) is 11.7. The number of rotatable bonds is 8. The highest BCUT2D eigenvalue weighted by Crippen LogP contribution is 2.52. The van der Waals surface area contributed by atoms with Gasteiger partial charge in [0.1, 0.15) is 37.4 Å². The summed E-state index contributed by atoms with van der Waals surface area (Å²) in [6, 6.07) is 21.7. The first kappa shape index (κ1) is 25.3. The molecule has 0 saturated carbocycles. The second kappa shape index (κ2) is 10.5. The number of aliphatic hydroxyl groups excluding tert-OH is 1. The lowest BCUT2D eigenvalue weighted by molar-refractivity contribution is -0.927. The summed E-state index contributed by atoms with van der Waals surface area (Å²) >= 11 is 0. The molecule has 0 radical (unpaired) electrons. The number of halogens is 1. The van der Waals surface area contributed by atoms with Crippen molar-refractivity contribution in [1.29, 1.82) is 0 Å². The Morgan fingerprint density at radius 1 is 1.03 bits per heavy atom. The highest BCUT2D eigenvalue weighted by molar-refractivity contribution is 5.82. The Kier molecular flexibility index (Phi) is 7.37. The Morgan fingerprint density at radius 2 is 1.69 bits per heavy atom. The number of esters is 1. The second-order valence-corrected chi connectivity index (χ2v) is 8.98. The first-order chi connectivity index (χ1) is 17.4.